The van der Waals surface area contributed by atoms with E-state index in [9.17, 15) is 4.79 Å². The smallest absolute Gasteiger partial charge is 0.267 e. The van der Waals surface area contributed by atoms with Crippen molar-refractivity contribution in [3.8, 4) is 0 Å². The number of aryl methyl sites for hydroxylation is 1. The molecule has 1 heterocycles. The number of carbonyl (C=O) groups is 1. The van der Waals surface area contributed by atoms with Crippen molar-refractivity contribution in [2.45, 2.75) is 6.92 Å². The van der Waals surface area contributed by atoms with Gasteiger partial charge in [-0.05, 0) is 59.3 Å². The van der Waals surface area contributed by atoms with Gasteiger partial charge in [-0.25, -0.2) is 0 Å². The number of anilines is 1. The van der Waals surface area contributed by atoms with E-state index in [2.05, 4.69) is 27.9 Å². The number of hydrogen-bond acceptors (Lipinski definition) is 2. The van der Waals surface area contributed by atoms with Crippen LogP contribution in [-0.4, -0.2) is 5.91 Å². The molecule has 0 bridgehead atoms. The second-order valence-corrected chi connectivity index (χ2v) is 7.39. The maximum atomic E-state index is 12.4. The molecular formula is C16H11ClINOS. The van der Waals surface area contributed by atoms with E-state index in [0.717, 1.165) is 24.9 Å². The molecule has 0 radical (unpaired) electrons. The SMILES string of the molecule is Cc1ccc2c(Cl)c(C(=O)Nc3cccc(I)c3)sc2c1. The van der Waals surface area contributed by atoms with Crippen molar-refractivity contribution in [2.24, 2.45) is 0 Å². The van der Waals surface area contributed by atoms with Gasteiger partial charge in [0.2, 0.25) is 0 Å². The van der Waals surface area contributed by atoms with Crippen LogP contribution in [0, 0.1) is 10.5 Å². The van der Waals surface area contributed by atoms with E-state index in [-0.39, 0.29) is 5.91 Å². The third kappa shape index (κ3) is 3.07. The molecule has 1 amide bonds. The molecule has 0 aliphatic rings. The minimum atomic E-state index is -0.166. The summed E-state index contributed by atoms with van der Waals surface area (Å²) < 4.78 is 2.11. The fraction of sp³-hybridized carbons (Fsp3) is 0.0625. The molecule has 2 aromatic carbocycles. The monoisotopic (exact) mass is 427 g/mol. The van der Waals surface area contributed by atoms with Crippen molar-refractivity contribution in [1.82, 2.24) is 0 Å². The fourth-order valence-corrected chi connectivity index (χ4v) is 4.13. The molecule has 0 saturated carbocycles. The Labute approximate surface area is 145 Å². The summed E-state index contributed by atoms with van der Waals surface area (Å²) in [5.41, 5.74) is 1.93. The Hall–Kier alpha value is -1.11. The van der Waals surface area contributed by atoms with Crippen molar-refractivity contribution in [3.05, 3.63) is 61.5 Å². The van der Waals surface area contributed by atoms with Crippen LogP contribution >= 0.6 is 45.5 Å². The summed E-state index contributed by atoms with van der Waals surface area (Å²) in [6.45, 7) is 2.03. The number of halogens is 2. The lowest BCUT2D eigenvalue weighted by Crippen LogP contribution is -2.10. The average Bonchev–Trinajstić information content (AvgIpc) is 2.75. The van der Waals surface area contributed by atoms with Gasteiger partial charge in [-0.3, -0.25) is 4.79 Å². The van der Waals surface area contributed by atoms with Gasteiger partial charge in [-0.1, -0.05) is 29.8 Å². The van der Waals surface area contributed by atoms with Crippen molar-refractivity contribution >= 4 is 67.2 Å². The van der Waals surface area contributed by atoms with Crippen molar-refractivity contribution in [1.29, 1.82) is 0 Å². The predicted octanol–water partition coefficient (Wildman–Crippen LogP) is 5.72. The lowest BCUT2D eigenvalue weighted by Gasteiger charge is -2.04. The third-order valence-corrected chi connectivity index (χ3v) is 5.40. The molecule has 0 unspecified atom stereocenters. The number of amides is 1. The summed E-state index contributed by atoms with van der Waals surface area (Å²) in [5, 5.41) is 4.35. The topological polar surface area (TPSA) is 29.1 Å². The first-order chi connectivity index (χ1) is 10.0. The molecule has 0 aliphatic heterocycles. The van der Waals surface area contributed by atoms with Crippen molar-refractivity contribution in [3.63, 3.8) is 0 Å². The summed E-state index contributed by atoms with van der Waals surface area (Å²) in [7, 11) is 0. The molecule has 2 nitrogen and oxygen atoms in total. The first kappa shape index (κ1) is 14.8. The van der Waals surface area contributed by atoms with E-state index in [1.807, 2.05) is 49.4 Å². The van der Waals surface area contributed by atoms with Gasteiger partial charge in [-0.15, -0.1) is 11.3 Å². The molecule has 1 N–H and O–H groups in total. The minimum Gasteiger partial charge on any atom is -0.321 e. The molecule has 0 atom stereocenters. The largest absolute Gasteiger partial charge is 0.321 e. The van der Waals surface area contributed by atoms with Crippen LogP contribution in [-0.2, 0) is 0 Å². The molecule has 3 aromatic rings. The van der Waals surface area contributed by atoms with E-state index in [4.69, 9.17) is 11.6 Å². The molecule has 1 aromatic heterocycles. The average molecular weight is 428 g/mol. The molecule has 21 heavy (non-hydrogen) atoms. The number of benzene rings is 2. The van der Waals surface area contributed by atoms with Crippen molar-refractivity contribution < 1.29 is 4.79 Å². The van der Waals surface area contributed by atoms with Gasteiger partial charge in [-0.2, -0.15) is 0 Å². The lowest BCUT2D eigenvalue weighted by atomic mass is 10.2. The Bertz CT molecular complexity index is 843. The molecule has 0 fully saturated rings. The molecule has 0 spiro atoms. The minimum absolute atomic E-state index is 0.166. The van der Waals surface area contributed by atoms with Gasteiger partial charge in [0.15, 0.2) is 0 Å². The Balaban J connectivity index is 1.96. The quantitative estimate of drug-likeness (QED) is 0.521. The van der Waals surface area contributed by atoms with Crippen LogP contribution in [0.25, 0.3) is 10.1 Å². The van der Waals surface area contributed by atoms with Crippen molar-refractivity contribution in [2.75, 3.05) is 5.32 Å². The predicted molar refractivity (Wildman–Crippen MR) is 98.7 cm³/mol. The van der Waals surface area contributed by atoms with Crippen LogP contribution in [0.4, 0.5) is 5.69 Å². The first-order valence-electron chi connectivity index (χ1n) is 6.30. The fourth-order valence-electron chi connectivity index (χ4n) is 2.07. The van der Waals surface area contributed by atoms with E-state index in [0.29, 0.717) is 9.90 Å². The number of carbonyl (C=O) groups excluding carboxylic acids is 1. The van der Waals surface area contributed by atoms with Crippen LogP contribution in [0.15, 0.2) is 42.5 Å². The number of fused-ring (bicyclic) bond motifs is 1. The van der Waals surface area contributed by atoms with Gasteiger partial charge >= 0.3 is 0 Å². The van der Waals surface area contributed by atoms with E-state index in [1.165, 1.54) is 11.3 Å². The second-order valence-electron chi connectivity index (χ2n) is 4.71. The van der Waals surface area contributed by atoms with Gasteiger partial charge in [0.1, 0.15) is 4.88 Å². The normalized spacial score (nSPS) is 10.8. The maximum Gasteiger partial charge on any atom is 0.267 e. The van der Waals surface area contributed by atoms with Crippen LogP contribution < -0.4 is 5.32 Å². The third-order valence-electron chi connectivity index (χ3n) is 3.07. The maximum absolute atomic E-state index is 12.4. The van der Waals surface area contributed by atoms with E-state index < -0.39 is 0 Å². The Morgan fingerprint density at radius 2 is 2.05 bits per heavy atom. The molecule has 3 rings (SSSR count). The van der Waals surface area contributed by atoms with Gasteiger partial charge in [0, 0.05) is 19.3 Å². The first-order valence-corrected chi connectivity index (χ1v) is 8.57. The highest BCUT2D eigenvalue weighted by molar-refractivity contribution is 14.1. The standard InChI is InChI=1S/C16H11ClINOS/c1-9-5-6-12-13(7-9)21-15(14(12)17)16(20)19-11-4-2-3-10(18)8-11/h2-8H,1H3,(H,19,20). The van der Waals surface area contributed by atoms with Crippen LogP contribution in [0.3, 0.4) is 0 Å². The number of nitrogens with one attached hydrogen (secondary N) is 1. The summed E-state index contributed by atoms with van der Waals surface area (Å²) in [5.74, 6) is -0.166. The van der Waals surface area contributed by atoms with E-state index in [1.54, 1.807) is 0 Å². The van der Waals surface area contributed by atoms with E-state index >= 15 is 0 Å². The summed E-state index contributed by atoms with van der Waals surface area (Å²) in [6, 6.07) is 13.7. The zero-order valence-corrected chi connectivity index (χ0v) is 14.8. The van der Waals surface area contributed by atoms with Crippen LogP contribution in [0.5, 0.6) is 0 Å². The van der Waals surface area contributed by atoms with Crippen LogP contribution in [0.1, 0.15) is 15.2 Å². The van der Waals surface area contributed by atoms with Crippen LogP contribution in [0.2, 0.25) is 5.02 Å². The van der Waals surface area contributed by atoms with Gasteiger partial charge < -0.3 is 5.32 Å². The summed E-state index contributed by atoms with van der Waals surface area (Å²) in [6.07, 6.45) is 0. The number of hydrogen-bond donors (Lipinski definition) is 1. The lowest BCUT2D eigenvalue weighted by molar-refractivity contribution is 0.103. The van der Waals surface area contributed by atoms with Gasteiger partial charge in [0.25, 0.3) is 5.91 Å². The molecular weight excluding hydrogens is 417 g/mol. The Kier molecular flexibility index (Phi) is 4.19. The summed E-state index contributed by atoms with van der Waals surface area (Å²) >= 11 is 9.99. The number of thiophene rings is 1. The zero-order valence-electron chi connectivity index (χ0n) is 11.1. The number of rotatable bonds is 2. The molecule has 0 saturated heterocycles. The highest BCUT2D eigenvalue weighted by Gasteiger charge is 2.17. The Morgan fingerprint density at radius 3 is 2.81 bits per heavy atom. The van der Waals surface area contributed by atoms with Gasteiger partial charge in [0.05, 0.1) is 5.02 Å². The highest BCUT2D eigenvalue weighted by Crippen LogP contribution is 2.36. The molecule has 106 valence electrons. The zero-order chi connectivity index (χ0) is 15.0. The highest BCUT2D eigenvalue weighted by atomic mass is 127. The molecule has 5 heteroatoms. The Morgan fingerprint density at radius 1 is 1.24 bits per heavy atom. The second kappa shape index (κ2) is 5.94. The summed E-state index contributed by atoms with van der Waals surface area (Å²) in [4.78, 5) is 13.0. The molecule has 0 aliphatic carbocycles.